The molecule has 1 unspecified atom stereocenters. The van der Waals surface area contributed by atoms with Gasteiger partial charge in [0.25, 0.3) is 0 Å². The Hall–Kier alpha value is -1.26. The van der Waals surface area contributed by atoms with Gasteiger partial charge in [0.15, 0.2) is 5.78 Å². The Balaban J connectivity index is 0. The number of Topliss-reactive ketones (excluding diaryl/α,β-unsaturated/α-hetero) is 1. The quantitative estimate of drug-likeness (QED) is 0.783. The molecule has 0 saturated carbocycles. The fourth-order valence-corrected chi connectivity index (χ4v) is 1.52. The maximum atomic E-state index is 12.7. The highest BCUT2D eigenvalue weighted by Gasteiger charge is 2.15. The lowest BCUT2D eigenvalue weighted by Crippen LogP contribution is -2.44. The fraction of sp³-hybridized carbons (Fsp3) is 0.588. The van der Waals surface area contributed by atoms with E-state index in [2.05, 4.69) is 24.7 Å². The number of rotatable bonds is 6. The van der Waals surface area contributed by atoms with Crippen LogP contribution in [0.25, 0.3) is 0 Å². The minimum absolute atomic E-state index is 0.138. The molecule has 1 aromatic carbocycles. The third-order valence-electron chi connectivity index (χ3n) is 2.41. The lowest BCUT2D eigenvalue weighted by atomic mass is 10.0. The molecule has 1 rings (SSSR count). The zero-order valence-corrected chi connectivity index (χ0v) is 14.3. The summed E-state index contributed by atoms with van der Waals surface area (Å²) in [6.45, 7) is 10.1. The molecule has 0 aromatic heterocycles. The van der Waals surface area contributed by atoms with Gasteiger partial charge < -0.3 is 0 Å². The van der Waals surface area contributed by atoms with E-state index in [4.69, 9.17) is 0 Å². The number of hydrogen-bond acceptors (Lipinski definition) is 3. The van der Waals surface area contributed by atoms with E-state index in [1.807, 2.05) is 20.8 Å². The molecular weight excluding hydrogens is 267 g/mol. The number of carbonyl (C=O) groups excluding carboxylic acids is 1. The summed E-state index contributed by atoms with van der Waals surface area (Å²) in [5.41, 5.74) is 6.61. The molecular formula is C17H31FN2O. The van der Waals surface area contributed by atoms with Crippen molar-refractivity contribution in [3.8, 4) is 0 Å². The zero-order valence-electron chi connectivity index (χ0n) is 14.3. The summed E-state index contributed by atoms with van der Waals surface area (Å²) in [5.74, 6) is -0.123. The first-order chi connectivity index (χ1) is 10.1. The van der Waals surface area contributed by atoms with Crippen molar-refractivity contribution in [2.24, 2.45) is 0 Å². The van der Waals surface area contributed by atoms with Gasteiger partial charge in [-0.3, -0.25) is 10.2 Å². The van der Waals surface area contributed by atoms with Crippen LogP contribution >= 0.6 is 0 Å². The van der Waals surface area contributed by atoms with E-state index >= 15 is 0 Å². The van der Waals surface area contributed by atoms with Gasteiger partial charge in [0.05, 0.1) is 6.04 Å². The van der Waals surface area contributed by atoms with Crippen LogP contribution < -0.4 is 10.9 Å². The van der Waals surface area contributed by atoms with E-state index in [0.29, 0.717) is 12.8 Å². The summed E-state index contributed by atoms with van der Waals surface area (Å²) >= 11 is 0. The second-order valence-electron chi connectivity index (χ2n) is 4.30. The average molecular weight is 298 g/mol. The molecule has 122 valence electrons. The maximum Gasteiger partial charge on any atom is 0.151 e. The molecule has 0 heterocycles. The SMILES string of the molecule is CC.CCC.CCC(=O)C(Cc1ccc(F)cc1)NNC. The van der Waals surface area contributed by atoms with Crippen LogP contribution in [0.3, 0.4) is 0 Å². The first-order valence-corrected chi connectivity index (χ1v) is 7.78. The number of nitrogens with one attached hydrogen (secondary N) is 2. The normalized spacial score (nSPS) is 10.6. The monoisotopic (exact) mass is 298 g/mol. The Bertz CT molecular complexity index is 352. The van der Waals surface area contributed by atoms with Crippen LogP contribution in [0.1, 0.15) is 53.0 Å². The third kappa shape index (κ3) is 11.1. The Labute approximate surface area is 129 Å². The lowest BCUT2D eigenvalue weighted by molar-refractivity contribution is -0.121. The van der Waals surface area contributed by atoms with E-state index in [-0.39, 0.29) is 17.6 Å². The number of hydrogen-bond donors (Lipinski definition) is 2. The number of benzene rings is 1. The van der Waals surface area contributed by atoms with Gasteiger partial charge in [-0.05, 0) is 31.2 Å². The van der Waals surface area contributed by atoms with Gasteiger partial charge in [-0.2, -0.15) is 0 Å². The molecule has 0 aliphatic rings. The van der Waals surface area contributed by atoms with E-state index in [9.17, 15) is 9.18 Å². The summed E-state index contributed by atoms with van der Waals surface area (Å²) in [5, 5.41) is 0. The van der Waals surface area contributed by atoms with Gasteiger partial charge in [0.1, 0.15) is 5.82 Å². The summed E-state index contributed by atoms with van der Waals surface area (Å²) in [7, 11) is 1.72. The predicted octanol–water partition coefficient (Wildman–Crippen LogP) is 3.88. The standard InChI is InChI=1S/C12H17FN2O.C3H8.C2H6/c1-3-12(16)11(15-14-2)8-9-4-6-10(13)7-5-9;1-3-2;1-2/h4-7,11,14-15H,3,8H2,1-2H3;3H2,1-2H3;1-2H3. The highest BCUT2D eigenvalue weighted by Crippen LogP contribution is 2.07. The molecule has 0 spiro atoms. The fourth-order valence-electron chi connectivity index (χ4n) is 1.52. The molecule has 2 N–H and O–H groups in total. The minimum Gasteiger partial charge on any atom is -0.298 e. The Morgan fingerprint density at radius 1 is 1.14 bits per heavy atom. The van der Waals surface area contributed by atoms with E-state index in [1.165, 1.54) is 18.6 Å². The lowest BCUT2D eigenvalue weighted by Gasteiger charge is -2.16. The summed E-state index contributed by atoms with van der Waals surface area (Å²) in [6.07, 6.45) is 2.30. The Morgan fingerprint density at radius 2 is 1.62 bits per heavy atom. The first-order valence-electron chi connectivity index (χ1n) is 7.78. The van der Waals surface area contributed by atoms with Crippen molar-refractivity contribution in [3.05, 3.63) is 35.6 Å². The largest absolute Gasteiger partial charge is 0.298 e. The second-order valence-corrected chi connectivity index (χ2v) is 4.30. The van der Waals surface area contributed by atoms with Gasteiger partial charge in [-0.1, -0.05) is 53.2 Å². The van der Waals surface area contributed by atoms with Gasteiger partial charge >= 0.3 is 0 Å². The van der Waals surface area contributed by atoms with Gasteiger partial charge in [-0.15, -0.1) is 0 Å². The summed E-state index contributed by atoms with van der Waals surface area (Å²) in [6, 6.07) is 5.94. The third-order valence-corrected chi connectivity index (χ3v) is 2.41. The van der Waals surface area contributed by atoms with Gasteiger partial charge in [0, 0.05) is 6.42 Å². The molecule has 0 bridgehead atoms. The minimum atomic E-state index is -0.263. The maximum absolute atomic E-state index is 12.7. The molecule has 0 aliphatic carbocycles. The summed E-state index contributed by atoms with van der Waals surface area (Å²) < 4.78 is 12.7. The van der Waals surface area contributed by atoms with Crippen molar-refractivity contribution in [2.45, 2.75) is 59.9 Å². The van der Waals surface area contributed by atoms with Crippen molar-refractivity contribution >= 4 is 5.78 Å². The number of halogens is 1. The molecule has 3 nitrogen and oxygen atoms in total. The summed E-state index contributed by atoms with van der Waals surface area (Å²) in [4.78, 5) is 11.6. The molecule has 4 heteroatoms. The van der Waals surface area contributed by atoms with Crippen molar-refractivity contribution in [1.82, 2.24) is 10.9 Å². The van der Waals surface area contributed by atoms with Crippen LogP contribution in [0, 0.1) is 5.82 Å². The predicted molar refractivity (Wildman–Crippen MR) is 88.7 cm³/mol. The highest BCUT2D eigenvalue weighted by molar-refractivity contribution is 5.83. The zero-order chi connectivity index (χ0) is 16.7. The molecule has 1 aromatic rings. The van der Waals surface area contributed by atoms with E-state index in [0.717, 1.165) is 5.56 Å². The molecule has 0 fully saturated rings. The molecule has 21 heavy (non-hydrogen) atoms. The molecule has 0 aliphatic heterocycles. The second kappa shape index (κ2) is 15.1. The van der Waals surface area contributed by atoms with Crippen LogP contribution in [0.5, 0.6) is 0 Å². The molecule has 0 radical (unpaired) electrons. The van der Waals surface area contributed by atoms with Crippen LogP contribution in [0.2, 0.25) is 0 Å². The Morgan fingerprint density at radius 3 is 2.00 bits per heavy atom. The van der Waals surface area contributed by atoms with Crippen LogP contribution in [-0.4, -0.2) is 18.9 Å². The number of carbonyl (C=O) groups is 1. The molecule has 0 saturated heterocycles. The van der Waals surface area contributed by atoms with Crippen LogP contribution in [0.15, 0.2) is 24.3 Å². The molecule has 0 amide bonds. The van der Waals surface area contributed by atoms with E-state index < -0.39 is 0 Å². The van der Waals surface area contributed by atoms with Crippen molar-refractivity contribution in [2.75, 3.05) is 7.05 Å². The van der Waals surface area contributed by atoms with Crippen LogP contribution in [0.4, 0.5) is 4.39 Å². The molecule has 1 atom stereocenters. The van der Waals surface area contributed by atoms with Gasteiger partial charge in [-0.25, -0.2) is 9.82 Å². The Kier molecular flexibility index (Phi) is 15.9. The van der Waals surface area contributed by atoms with Crippen molar-refractivity contribution in [1.29, 1.82) is 0 Å². The average Bonchev–Trinajstić information content (AvgIpc) is 2.51. The first kappa shape index (κ1) is 22.0. The highest BCUT2D eigenvalue weighted by atomic mass is 19.1. The van der Waals surface area contributed by atoms with Gasteiger partial charge in [0.2, 0.25) is 0 Å². The van der Waals surface area contributed by atoms with E-state index in [1.54, 1.807) is 19.2 Å². The van der Waals surface area contributed by atoms with Crippen molar-refractivity contribution < 1.29 is 9.18 Å². The topological polar surface area (TPSA) is 41.1 Å². The van der Waals surface area contributed by atoms with Crippen LogP contribution in [-0.2, 0) is 11.2 Å². The number of hydrazine groups is 1. The smallest absolute Gasteiger partial charge is 0.151 e. The van der Waals surface area contributed by atoms with Crippen molar-refractivity contribution in [3.63, 3.8) is 0 Å². The number of ketones is 1.